The van der Waals surface area contributed by atoms with Gasteiger partial charge < -0.3 is 14.6 Å². The molecule has 2 aromatic rings. The molecule has 0 saturated heterocycles. The van der Waals surface area contributed by atoms with Crippen LogP contribution in [0.3, 0.4) is 0 Å². The molecule has 0 aliphatic heterocycles. The molecule has 0 spiro atoms. The van der Waals surface area contributed by atoms with Crippen molar-refractivity contribution in [3.8, 4) is 5.75 Å². The van der Waals surface area contributed by atoms with Gasteiger partial charge in [-0.15, -0.1) is 0 Å². The number of carbonyl (C=O) groups is 2. The van der Waals surface area contributed by atoms with Crippen LogP contribution in [-0.4, -0.2) is 35.5 Å². The van der Waals surface area contributed by atoms with Gasteiger partial charge in [0.2, 0.25) is 0 Å². The first-order valence-corrected chi connectivity index (χ1v) is 10.8. The highest BCUT2D eigenvalue weighted by atomic mass is 79.9. The Kier molecular flexibility index (Phi) is 9.99. The number of methoxy groups -OCH3 is 1. The third-order valence-corrected chi connectivity index (χ3v) is 5.32. The summed E-state index contributed by atoms with van der Waals surface area (Å²) in [5.41, 5.74) is 2.40. The minimum atomic E-state index is -0.956. The van der Waals surface area contributed by atoms with Crippen LogP contribution in [0.4, 0.5) is 10.5 Å². The predicted molar refractivity (Wildman–Crippen MR) is 122 cm³/mol. The molecule has 2 atom stereocenters. The van der Waals surface area contributed by atoms with Crippen molar-refractivity contribution in [1.82, 2.24) is 5.48 Å². The van der Waals surface area contributed by atoms with Crippen molar-refractivity contribution in [2.45, 2.75) is 25.0 Å². The third-order valence-electron chi connectivity index (χ3n) is 4.26. The smallest absolute Gasteiger partial charge is 0.412 e. The van der Waals surface area contributed by atoms with Gasteiger partial charge in [-0.2, -0.15) is 0 Å². The summed E-state index contributed by atoms with van der Waals surface area (Å²) in [6.45, 7) is 0. The molecule has 0 radical (unpaired) electrons. The van der Waals surface area contributed by atoms with Crippen LogP contribution in [0.5, 0.6) is 5.75 Å². The first kappa shape index (κ1) is 24.9. The molecule has 0 aromatic heterocycles. The lowest BCUT2D eigenvalue weighted by Gasteiger charge is -2.27. The van der Waals surface area contributed by atoms with Crippen molar-refractivity contribution >= 4 is 49.5 Å². The van der Waals surface area contributed by atoms with Gasteiger partial charge in [-0.3, -0.25) is 15.3 Å². The van der Waals surface area contributed by atoms with Gasteiger partial charge in [-0.05, 0) is 53.0 Å². The molecule has 2 aromatic carbocycles. The second kappa shape index (κ2) is 12.5. The maximum atomic E-state index is 12.6. The second-order valence-corrected chi connectivity index (χ2v) is 8.14. The van der Waals surface area contributed by atoms with Crippen LogP contribution >= 0.6 is 31.9 Å². The average Bonchev–Trinajstić information content (AvgIpc) is 2.75. The first-order valence-electron chi connectivity index (χ1n) is 9.19. The number of ether oxygens (including phenoxy) is 2. The summed E-state index contributed by atoms with van der Waals surface area (Å²) in [7, 11) is 1.46. The Hall–Kier alpha value is -2.40. The number of anilines is 1. The number of halogens is 2. The molecule has 4 N–H and O–H groups in total. The summed E-state index contributed by atoms with van der Waals surface area (Å²) >= 11 is 6.66. The summed E-state index contributed by atoms with van der Waals surface area (Å²) in [5.74, 6) is -0.740. The van der Waals surface area contributed by atoms with E-state index in [4.69, 9.17) is 14.7 Å². The molecule has 0 fully saturated rings. The number of benzene rings is 2. The first-order chi connectivity index (χ1) is 14.8. The molecule has 0 bridgehead atoms. The molecule has 2 amide bonds. The molecule has 0 unspecified atom stereocenters. The zero-order valence-electron chi connectivity index (χ0n) is 16.5. The van der Waals surface area contributed by atoms with E-state index in [2.05, 4.69) is 37.2 Å². The highest BCUT2D eigenvalue weighted by Crippen LogP contribution is 2.39. The van der Waals surface area contributed by atoms with Gasteiger partial charge in [0, 0.05) is 28.9 Å². The average molecular weight is 558 g/mol. The van der Waals surface area contributed by atoms with Crippen LogP contribution in [0.15, 0.2) is 63.6 Å². The number of carbonyl (C=O) groups excluding carboxylic acids is 2. The fraction of sp³-hybridized carbons (Fsp3) is 0.238. The topological polar surface area (TPSA) is 117 Å². The Morgan fingerprint density at radius 3 is 2.55 bits per heavy atom. The second-order valence-electron chi connectivity index (χ2n) is 6.37. The zero-order chi connectivity index (χ0) is 22.8. The van der Waals surface area contributed by atoms with Gasteiger partial charge in [0.15, 0.2) is 6.10 Å². The highest BCUT2D eigenvalue weighted by Gasteiger charge is 2.30. The van der Waals surface area contributed by atoms with E-state index in [1.54, 1.807) is 42.5 Å². The number of rotatable bonds is 9. The Labute approximate surface area is 196 Å². The number of nitrogens with one attached hydrogen (secondary N) is 2. The zero-order valence-corrected chi connectivity index (χ0v) is 19.7. The van der Waals surface area contributed by atoms with Crippen molar-refractivity contribution in [2.24, 2.45) is 0 Å². The van der Waals surface area contributed by atoms with E-state index in [0.717, 1.165) is 0 Å². The van der Waals surface area contributed by atoms with Gasteiger partial charge in [-0.1, -0.05) is 40.2 Å². The van der Waals surface area contributed by atoms with E-state index in [1.165, 1.54) is 18.7 Å². The number of phenolic OH excluding ortho intramolecular Hbond substituents is 1. The van der Waals surface area contributed by atoms with Crippen LogP contribution in [0, 0.1) is 0 Å². The van der Waals surface area contributed by atoms with Crippen molar-refractivity contribution in [2.75, 3.05) is 12.4 Å². The van der Waals surface area contributed by atoms with Crippen LogP contribution in [-0.2, 0) is 14.3 Å². The summed E-state index contributed by atoms with van der Waals surface area (Å²) < 4.78 is 12.3. The quantitative estimate of drug-likeness (QED) is 0.194. The number of amides is 2. The number of para-hydroxylation sites is 1. The van der Waals surface area contributed by atoms with Gasteiger partial charge in [0.05, 0.1) is 10.6 Å². The number of hydrogen-bond donors (Lipinski definition) is 4. The fourth-order valence-corrected chi connectivity index (χ4v) is 4.07. The van der Waals surface area contributed by atoms with Crippen LogP contribution in [0.1, 0.15) is 24.5 Å². The maximum absolute atomic E-state index is 12.6. The Balaban J connectivity index is 2.27. The highest BCUT2D eigenvalue weighted by molar-refractivity contribution is 9.11. The molecule has 0 aliphatic rings. The molecular formula is C21H22Br2N2O6. The lowest BCUT2D eigenvalue weighted by Crippen LogP contribution is -2.28. The van der Waals surface area contributed by atoms with E-state index in [-0.39, 0.29) is 5.75 Å². The molecule has 8 nitrogen and oxygen atoms in total. The lowest BCUT2D eigenvalue weighted by atomic mass is 9.99. The van der Waals surface area contributed by atoms with E-state index >= 15 is 0 Å². The third kappa shape index (κ3) is 7.66. The number of aromatic hydroxyl groups is 1. The predicted octanol–water partition coefficient (Wildman–Crippen LogP) is 5.06. The minimum Gasteiger partial charge on any atom is -0.506 e. The summed E-state index contributed by atoms with van der Waals surface area (Å²) in [4.78, 5) is 23.7. The van der Waals surface area contributed by atoms with E-state index in [9.17, 15) is 14.7 Å². The SMILES string of the molecule is CO[C@@H](CC/C=C/C(=O)NO)[C@@H](OC(=O)Nc1ccccc1)c1cc(Br)cc(Br)c1O. The molecule has 2 rings (SSSR count). The van der Waals surface area contributed by atoms with Crippen LogP contribution < -0.4 is 10.8 Å². The molecule has 0 saturated carbocycles. The molecule has 0 aliphatic carbocycles. The van der Waals surface area contributed by atoms with Crippen molar-refractivity contribution < 1.29 is 29.4 Å². The summed E-state index contributed by atoms with van der Waals surface area (Å²) in [6.07, 6.45) is 1.16. The Bertz CT molecular complexity index is 924. The summed E-state index contributed by atoms with van der Waals surface area (Å²) in [6, 6.07) is 12.1. The van der Waals surface area contributed by atoms with Crippen LogP contribution in [0.2, 0.25) is 0 Å². The van der Waals surface area contributed by atoms with E-state index in [1.807, 2.05) is 6.07 Å². The van der Waals surface area contributed by atoms with E-state index < -0.39 is 24.2 Å². The van der Waals surface area contributed by atoms with Crippen molar-refractivity contribution in [3.05, 3.63) is 69.1 Å². The summed E-state index contributed by atoms with van der Waals surface area (Å²) in [5, 5.41) is 21.8. The fourth-order valence-electron chi connectivity index (χ4n) is 2.81. The minimum absolute atomic E-state index is 0.0852. The van der Waals surface area contributed by atoms with E-state index in [0.29, 0.717) is 33.0 Å². The molecular weight excluding hydrogens is 536 g/mol. The monoisotopic (exact) mass is 556 g/mol. The Morgan fingerprint density at radius 2 is 1.90 bits per heavy atom. The van der Waals surface area contributed by atoms with Gasteiger partial charge in [-0.25, -0.2) is 10.3 Å². The van der Waals surface area contributed by atoms with Crippen molar-refractivity contribution in [1.29, 1.82) is 0 Å². The number of hydroxylamine groups is 1. The molecule has 166 valence electrons. The molecule has 31 heavy (non-hydrogen) atoms. The number of allylic oxidation sites excluding steroid dienone is 1. The normalized spacial score (nSPS) is 12.9. The van der Waals surface area contributed by atoms with Gasteiger partial charge in [0.25, 0.3) is 5.91 Å². The Morgan fingerprint density at radius 1 is 1.19 bits per heavy atom. The molecule has 0 heterocycles. The van der Waals surface area contributed by atoms with Gasteiger partial charge in [0.1, 0.15) is 5.75 Å². The standard InChI is InChI=1S/C21H22Br2N2O6/c1-30-17(9-5-6-10-18(26)25-29)20(15-11-13(22)12-16(23)19(15)27)31-21(28)24-14-7-3-2-4-8-14/h2-4,6-8,10-12,17,20,27,29H,5,9H2,1H3,(H,24,28)(H,25,26)/b10-6+/t17-,20-/m0/s1. The number of phenols is 1. The largest absolute Gasteiger partial charge is 0.506 e. The molecule has 10 heteroatoms. The van der Waals surface area contributed by atoms with Crippen LogP contribution in [0.25, 0.3) is 0 Å². The van der Waals surface area contributed by atoms with Crippen molar-refractivity contribution in [3.63, 3.8) is 0 Å². The number of hydrogen-bond acceptors (Lipinski definition) is 6. The maximum Gasteiger partial charge on any atom is 0.412 e. The van der Waals surface area contributed by atoms with Gasteiger partial charge >= 0.3 is 6.09 Å². The lowest BCUT2D eigenvalue weighted by molar-refractivity contribution is -0.124.